The highest BCUT2D eigenvalue weighted by molar-refractivity contribution is 7.92. The van der Waals surface area contributed by atoms with Crippen molar-refractivity contribution in [2.75, 3.05) is 24.9 Å². The quantitative estimate of drug-likeness (QED) is 0.183. The fourth-order valence-corrected chi connectivity index (χ4v) is 8.60. The molecule has 52 heavy (non-hydrogen) atoms. The summed E-state index contributed by atoms with van der Waals surface area (Å²) in [4.78, 5) is 10.2. The zero-order valence-corrected chi connectivity index (χ0v) is 29.7. The van der Waals surface area contributed by atoms with E-state index in [2.05, 4.69) is 24.7 Å². The van der Waals surface area contributed by atoms with E-state index in [9.17, 15) is 25.6 Å². The van der Waals surface area contributed by atoms with Gasteiger partial charge in [-0.1, -0.05) is 18.2 Å². The van der Waals surface area contributed by atoms with E-state index < -0.39 is 36.6 Å². The van der Waals surface area contributed by atoms with Gasteiger partial charge in [-0.2, -0.15) is 17.6 Å². The second-order valence-electron chi connectivity index (χ2n) is 12.3. The SMILES string of the molecule is COc1ncc(-c2cc(-c3ncc(CN4C[C@@H](C)O[C@@H](C)C4)o3)c3cnn(S(=O)(=O)c4ccccc4)c3c2)cc1NS(=O)(=O)c1ccc(F)cc1F. The van der Waals surface area contributed by atoms with E-state index in [4.69, 9.17) is 13.9 Å². The van der Waals surface area contributed by atoms with E-state index in [-0.39, 0.29) is 40.1 Å². The van der Waals surface area contributed by atoms with Crippen LogP contribution in [0.1, 0.15) is 19.6 Å². The maximum atomic E-state index is 14.5. The third-order valence-electron chi connectivity index (χ3n) is 8.39. The van der Waals surface area contributed by atoms with Gasteiger partial charge in [0.25, 0.3) is 20.0 Å². The lowest BCUT2D eigenvalue weighted by molar-refractivity contribution is -0.0718. The molecule has 1 aliphatic rings. The maximum absolute atomic E-state index is 14.5. The van der Waals surface area contributed by atoms with Crippen molar-refractivity contribution >= 4 is 36.6 Å². The number of nitrogens with one attached hydrogen (secondary N) is 1. The fraction of sp³-hybridized carbons (Fsp3) is 0.229. The second-order valence-corrected chi connectivity index (χ2v) is 15.7. The lowest BCUT2D eigenvalue weighted by Gasteiger charge is -2.34. The third-order valence-corrected chi connectivity index (χ3v) is 11.4. The minimum atomic E-state index is -4.58. The first-order chi connectivity index (χ1) is 24.8. The molecule has 7 rings (SSSR count). The molecular formula is C35H32F2N6O7S2. The van der Waals surface area contributed by atoms with Crippen LogP contribution in [0, 0.1) is 11.6 Å². The van der Waals surface area contributed by atoms with Crippen LogP contribution in [0.3, 0.4) is 0 Å². The Hall–Kier alpha value is -5.23. The average Bonchev–Trinajstić information content (AvgIpc) is 3.75. The van der Waals surface area contributed by atoms with E-state index in [1.807, 2.05) is 13.8 Å². The van der Waals surface area contributed by atoms with Gasteiger partial charge >= 0.3 is 0 Å². The molecule has 0 spiro atoms. The van der Waals surface area contributed by atoms with E-state index in [0.29, 0.717) is 53.5 Å². The Morgan fingerprint density at radius 2 is 1.65 bits per heavy atom. The summed E-state index contributed by atoms with van der Waals surface area (Å²) in [5, 5.41) is 4.69. The molecule has 1 fully saturated rings. The topological polar surface area (TPSA) is 159 Å². The lowest BCUT2D eigenvalue weighted by Crippen LogP contribution is -2.44. The van der Waals surface area contributed by atoms with Crippen LogP contribution in [0.2, 0.25) is 0 Å². The summed E-state index contributed by atoms with van der Waals surface area (Å²) >= 11 is 0. The van der Waals surface area contributed by atoms with Gasteiger partial charge in [0.2, 0.25) is 11.8 Å². The van der Waals surface area contributed by atoms with Gasteiger partial charge in [-0.3, -0.25) is 9.62 Å². The number of sulfonamides is 1. The molecular weight excluding hydrogens is 719 g/mol. The van der Waals surface area contributed by atoms with E-state index in [1.54, 1.807) is 36.5 Å². The number of halogens is 2. The van der Waals surface area contributed by atoms with Gasteiger partial charge < -0.3 is 13.9 Å². The average molecular weight is 751 g/mol. The molecule has 1 aliphatic heterocycles. The van der Waals surface area contributed by atoms with Crippen molar-refractivity contribution in [2.45, 2.75) is 42.4 Å². The molecule has 17 heteroatoms. The van der Waals surface area contributed by atoms with Crippen LogP contribution in [0.4, 0.5) is 14.5 Å². The number of ether oxygens (including phenoxy) is 2. The Balaban J connectivity index is 1.34. The van der Waals surface area contributed by atoms with Crippen molar-refractivity contribution < 1.29 is 39.5 Å². The zero-order chi connectivity index (χ0) is 36.8. The molecule has 0 amide bonds. The van der Waals surface area contributed by atoms with Gasteiger partial charge in [0.15, 0.2) is 0 Å². The van der Waals surface area contributed by atoms with Crippen LogP contribution < -0.4 is 9.46 Å². The normalized spacial score (nSPS) is 17.0. The maximum Gasteiger partial charge on any atom is 0.283 e. The van der Waals surface area contributed by atoms with E-state index in [1.165, 1.54) is 37.7 Å². The standard InChI is InChI=1S/C35H32F2N6O7S2/c1-21-18-42(19-22(2)49-21)20-26-16-39-34(50-26)28-11-23(13-32-29(28)17-40-43(32)52(46,47)27-7-5-4-6-8-27)24-12-31(35(48-3)38-15-24)41-51(44,45)33-10-9-25(36)14-30(33)37/h4-17,21-22,41H,18-20H2,1-3H3/t21-,22+. The first-order valence-electron chi connectivity index (χ1n) is 16.0. The molecule has 2 atom stereocenters. The number of methoxy groups -OCH3 is 1. The van der Waals surface area contributed by atoms with Crippen molar-refractivity contribution in [1.29, 1.82) is 0 Å². The van der Waals surface area contributed by atoms with Crippen LogP contribution >= 0.6 is 0 Å². The third kappa shape index (κ3) is 6.87. The Labute approximate surface area is 297 Å². The second kappa shape index (κ2) is 13.7. The number of oxazole rings is 1. The first kappa shape index (κ1) is 35.2. The van der Waals surface area contributed by atoms with Crippen molar-refractivity contribution in [3.05, 3.63) is 103 Å². The Bertz CT molecular complexity index is 2500. The number of nitrogens with zero attached hydrogens (tertiary/aromatic N) is 5. The van der Waals surface area contributed by atoms with Crippen molar-refractivity contribution in [3.8, 4) is 28.5 Å². The summed E-state index contributed by atoms with van der Waals surface area (Å²) in [6.45, 7) is 5.88. The van der Waals surface area contributed by atoms with Gasteiger partial charge in [-0.05, 0) is 61.9 Å². The number of hydrogen-bond donors (Lipinski definition) is 1. The highest BCUT2D eigenvalue weighted by atomic mass is 32.2. The molecule has 13 nitrogen and oxygen atoms in total. The zero-order valence-electron chi connectivity index (χ0n) is 28.0. The van der Waals surface area contributed by atoms with Crippen LogP contribution in [0.25, 0.3) is 33.5 Å². The van der Waals surface area contributed by atoms with Crippen molar-refractivity contribution in [1.82, 2.24) is 24.1 Å². The van der Waals surface area contributed by atoms with Gasteiger partial charge in [0, 0.05) is 41.9 Å². The molecule has 1 saturated heterocycles. The summed E-state index contributed by atoms with van der Waals surface area (Å²) in [5.41, 5.74) is 1.12. The monoisotopic (exact) mass is 750 g/mol. The number of fused-ring (bicyclic) bond motifs is 1. The lowest BCUT2D eigenvalue weighted by atomic mass is 10.0. The number of anilines is 1. The first-order valence-corrected chi connectivity index (χ1v) is 18.9. The smallest absolute Gasteiger partial charge is 0.283 e. The molecule has 3 aromatic carbocycles. The number of pyridine rings is 1. The molecule has 0 radical (unpaired) electrons. The van der Waals surface area contributed by atoms with Gasteiger partial charge in [0.1, 0.15) is 28.0 Å². The van der Waals surface area contributed by atoms with Crippen molar-refractivity contribution in [3.63, 3.8) is 0 Å². The van der Waals surface area contributed by atoms with Crippen LogP contribution in [0.15, 0.2) is 99.5 Å². The van der Waals surface area contributed by atoms with Crippen molar-refractivity contribution in [2.24, 2.45) is 0 Å². The number of benzene rings is 3. The molecule has 4 heterocycles. The molecule has 3 aromatic heterocycles. The molecule has 0 aliphatic carbocycles. The number of hydrogen-bond acceptors (Lipinski definition) is 11. The summed E-state index contributed by atoms with van der Waals surface area (Å²) in [5.74, 6) is -1.60. The molecule has 1 N–H and O–H groups in total. The molecule has 270 valence electrons. The number of morpholine rings is 1. The minimum absolute atomic E-state index is 0.00941. The van der Waals surface area contributed by atoms with E-state index >= 15 is 0 Å². The number of aromatic nitrogens is 4. The Morgan fingerprint density at radius 1 is 0.904 bits per heavy atom. The van der Waals surface area contributed by atoms with Crippen LogP contribution in [0.5, 0.6) is 5.88 Å². The Kier molecular flexibility index (Phi) is 9.28. The summed E-state index contributed by atoms with van der Waals surface area (Å²) in [6, 6.07) is 14.5. The number of rotatable bonds is 10. The molecule has 0 bridgehead atoms. The summed E-state index contributed by atoms with van der Waals surface area (Å²) < 4.78 is 103. The summed E-state index contributed by atoms with van der Waals surface area (Å²) in [6.07, 6.45) is 4.51. The minimum Gasteiger partial charge on any atom is -0.480 e. The van der Waals surface area contributed by atoms with Gasteiger partial charge in [-0.25, -0.2) is 27.2 Å². The molecule has 6 aromatic rings. The predicted molar refractivity (Wildman–Crippen MR) is 186 cm³/mol. The summed E-state index contributed by atoms with van der Waals surface area (Å²) in [7, 11) is -7.49. The molecule has 0 unspecified atom stereocenters. The van der Waals surface area contributed by atoms with Gasteiger partial charge in [0.05, 0.1) is 48.7 Å². The largest absolute Gasteiger partial charge is 0.480 e. The van der Waals surface area contributed by atoms with Crippen LogP contribution in [-0.2, 0) is 31.3 Å². The predicted octanol–water partition coefficient (Wildman–Crippen LogP) is 5.69. The van der Waals surface area contributed by atoms with Crippen LogP contribution in [-0.4, -0.2) is 73.3 Å². The fourth-order valence-electron chi connectivity index (χ4n) is 6.21. The highest BCUT2D eigenvalue weighted by Crippen LogP contribution is 2.37. The highest BCUT2D eigenvalue weighted by Gasteiger charge is 2.27. The molecule has 0 saturated carbocycles. The van der Waals surface area contributed by atoms with Gasteiger partial charge in [-0.15, -0.1) is 0 Å². The van der Waals surface area contributed by atoms with E-state index in [0.717, 1.165) is 16.2 Å². The Morgan fingerprint density at radius 3 is 2.37 bits per heavy atom.